The molecule has 3 rings (SSSR count). The van der Waals surface area contributed by atoms with Crippen LogP contribution >= 0.6 is 0 Å². The Morgan fingerprint density at radius 2 is 1.69 bits per heavy atom. The smallest absolute Gasteiger partial charge is 0.387 e. The van der Waals surface area contributed by atoms with Crippen molar-refractivity contribution in [2.75, 3.05) is 20.2 Å². The summed E-state index contributed by atoms with van der Waals surface area (Å²) in [7, 11) is 1.30. The van der Waals surface area contributed by atoms with Gasteiger partial charge in [0.2, 0.25) is 0 Å². The van der Waals surface area contributed by atoms with Gasteiger partial charge in [-0.25, -0.2) is 0 Å². The van der Waals surface area contributed by atoms with Crippen LogP contribution in [0, 0.1) is 0 Å². The van der Waals surface area contributed by atoms with E-state index in [1.165, 1.54) is 25.3 Å². The molecule has 0 radical (unpaired) electrons. The number of ether oxygens (including phenoxy) is 3. The predicted molar refractivity (Wildman–Crippen MR) is 113 cm³/mol. The minimum absolute atomic E-state index is 0.00758. The number of carbonyl (C=O) groups excluding carboxylic acids is 2. The number of halogens is 2. The maximum absolute atomic E-state index is 12.7. The van der Waals surface area contributed by atoms with Crippen LogP contribution in [0.5, 0.6) is 11.5 Å². The number of rotatable bonds is 7. The van der Waals surface area contributed by atoms with E-state index >= 15 is 0 Å². The Kier molecular flexibility index (Phi) is 7.63. The zero-order valence-electron chi connectivity index (χ0n) is 18.1. The molecule has 0 aliphatic carbocycles. The van der Waals surface area contributed by atoms with E-state index in [4.69, 9.17) is 9.47 Å². The van der Waals surface area contributed by atoms with Crippen LogP contribution in [0.4, 0.5) is 8.78 Å². The summed E-state index contributed by atoms with van der Waals surface area (Å²) in [6.45, 7) is 2.22. The lowest BCUT2D eigenvalue weighted by Crippen LogP contribution is -2.48. The molecule has 2 amide bonds. The van der Waals surface area contributed by atoms with E-state index in [-0.39, 0.29) is 41.7 Å². The molecular weight excluding hydrogens is 422 g/mol. The van der Waals surface area contributed by atoms with E-state index in [1.54, 1.807) is 29.2 Å². The Morgan fingerprint density at radius 1 is 1.06 bits per heavy atom. The average molecular weight is 448 g/mol. The summed E-state index contributed by atoms with van der Waals surface area (Å²) < 4.78 is 39.9. The highest BCUT2D eigenvalue weighted by Crippen LogP contribution is 2.29. The highest BCUT2D eigenvalue weighted by Gasteiger charge is 2.26. The van der Waals surface area contributed by atoms with Crippen molar-refractivity contribution >= 4 is 11.8 Å². The molecule has 1 heterocycles. The topological polar surface area (TPSA) is 77.1 Å². The van der Waals surface area contributed by atoms with Crippen LogP contribution in [-0.4, -0.2) is 55.7 Å². The van der Waals surface area contributed by atoms with Gasteiger partial charge in [0.1, 0.15) is 0 Å². The molecule has 172 valence electrons. The lowest BCUT2D eigenvalue weighted by molar-refractivity contribution is -0.0586. The van der Waals surface area contributed by atoms with Gasteiger partial charge in [-0.2, -0.15) is 8.78 Å². The number of carbonyl (C=O) groups is 2. The molecule has 0 spiro atoms. The van der Waals surface area contributed by atoms with Crippen LogP contribution in [0.1, 0.15) is 40.1 Å². The van der Waals surface area contributed by atoms with Gasteiger partial charge < -0.3 is 24.4 Å². The molecule has 2 atom stereocenters. The molecule has 1 saturated heterocycles. The third-order valence-corrected chi connectivity index (χ3v) is 5.00. The Labute approximate surface area is 185 Å². The molecule has 0 bridgehead atoms. The number of alkyl halides is 2. The first-order valence-corrected chi connectivity index (χ1v) is 10.2. The molecule has 2 aromatic carbocycles. The maximum Gasteiger partial charge on any atom is 0.387 e. The van der Waals surface area contributed by atoms with Gasteiger partial charge in [0.05, 0.1) is 19.3 Å². The van der Waals surface area contributed by atoms with Gasteiger partial charge in [0.25, 0.3) is 11.8 Å². The number of benzene rings is 2. The maximum atomic E-state index is 12.7. The second kappa shape index (κ2) is 10.4. The molecular formula is C23H26F2N2O5. The zero-order valence-corrected chi connectivity index (χ0v) is 18.1. The number of nitrogens with one attached hydrogen (secondary N) is 1. The van der Waals surface area contributed by atoms with Gasteiger partial charge in [0, 0.05) is 30.8 Å². The van der Waals surface area contributed by atoms with Crippen molar-refractivity contribution < 1.29 is 32.6 Å². The summed E-state index contributed by atoms with van der Waals surface area (Å²) in [4.78, 5) is 27.0. The Balaban J connectivity index is 1.59. The SMILES string of the molecule is COc1cc(C(=O)NCc2ccc(C(=O)N3CC(C)OC(C)C3)cc2)ccc1OC(F)F. The summed E-state index contributed by atoms with van der Waals surface area (Å²) in [5, 5.41) is 2.76. The Bertz CT molecular complexity index is 942. The van der Waals surface area contributed by atoms with E-state index < -0.39 is 12.5 Å². The standard InChI is InChI=1S/C23H26F2N2O5/c1-14-12-27(13-15(2)31-14)22(29)17-6-4-16(5-7-17)11-26-21(28)18-8-9-19(32-23(24)25)20(10-18)30-3/h4-10,14-15,23H,11-13H2,1-3H3,(H,26,28). The van der Waals surface area contributed by atoms with Crippen molar-refractivity contribution in [2.24, 2.45) is 0 Å². The molecule has 2 unspecified atom stereocenters. The number of methoxy groups -OCH3 is 1. The third kappa shape index (κ3) is 5.94. The van der Waals surface area contributed by atoms with Crippen molar-refractivity contribution in [3.63, 3.8) is 0 Å². The molecule has 2 aromatic rings. The highest BCUT2D eigenvalue weighted by molar-refractivity contribution is 5.95. The van der Waals surface area contributed by atoms with Gasteiger partial charge in [-0.3, -0.25) is 9.59 Å². The normalized spacial score (nSPS) is 18.4. The summed E-state index contributed by atoms with van der Waals surface area (Å²) in [5.41, 5.74) is 1.62. The quantitative estimate of drug-likeness (QED) is 0.702. The first kappa shape index (κ1) is 23.5. The molecule has 1 fully saturated rings. The van der Waals surface area contributed by atoms with E-state index in [9.17, 15) is 18.4 Å². The first-order chi connectivity index (χ1) is 15.3. The predicted octanol–water partition coefficient (Wildman–Crippen LogP) is 3.48. The van der Waals surface area contributed by atoms with E-state index in [0.29, 0.717) is 18.7 Å². The van der Waals surface area contributed by atoms with Crippen LogP contribution in [-0.2, 0) is 11.3 Å². The summed E-state index contributed by atoms with van der Waals surface area (Å²) in [6.07, 6.45) is -0.0152. The summed E-state index contributed by atoms with van der Waals surface area (Å²) in [5.74, 6) is -0.569. The highest BCUT2D eigenvalue weighted by atomic mass is 19.3. The van der Waals surface area contributed by atoms with Crippen LogP contribution in [0.25, 0.3) is 0 Å². The fourth-order valence-electron chi connectivity index (χ4n) is 3.58. The second-order valence-electron chi connectivity index (χ2n) is 7.59. The fraction of sp³-hybridized carbons (Fsp3) is 0.391. The number of nitrogens with zero attached hydrogens (tertiary/aromatic N) is 1. The molecule has 9 heteroatoms. The zero-order chi connectivity index (χ0) is 23.3. The third-order valence-electron chi connectivity index (χ3n) is 5.00. The van der Waals surface area contributed by atoms with Crippen LogP contribution in [0.3, 0.4) is 0 Å². The monoisotopic (exact) mass is 448 g/mol. The summed E-state index contributed by atoms with van der Waals surface area (Å²) >= 11 is 0. The molecule has 32 heavy (non-hydrogen) atoms. The van der Waals surface area contributed by atoms with Crippen molar-refractivity contribution in [1.82, 2.24) is 10.2 Å². The van der Waals surface area contributed by atoms with E-state index in [0.717, 1.165) is 5.56 Å². The number of amides is 2. The van der Waals surface area contributed by atoms with Gasteiger partial charge in [-0.05, 0) is 49.7 Å². The van der Waals surface area contributed by atoms with Crippen molar-refractivity contribution in [3.8, 4) is 11.5 Å². The lowest BCUT2D eigenvalue weighted by atomic mass is 10.1. The van der Waals surface area contributed by atoms with Gasteiger partial charge in [-0.1, -0.05) is 12.1 Å². The minimum Gasteiger partial charge on any atom is -0.493 e. The average Bonchev–Trinajstić information content (AvgIpc) is 2.76. The minimum atomic E-state index is -2.99. The van der Waals surface area contributed by atoms with Crippen LogP contribution < -0.4 is 14.8 Å². The van der Waals surface area contributed by atoms with Gasteiger partial charge in [-0.15, -0.1) is 0 Å². The lowest BCUT2D eigenvalue weighted by Gasteiger charge is -2.35. The van der Waals surface area contributed by atoms with Crippen LogP contribution in [0.2, 0.25) is 0 Å². The Hall–Kier alpha value is -3.20. The fourth-order valence-corrected chi connectivity index (χ4v) is 3.58. The van der Waals surface area contributed by atoms with Crippen LogP contribution in [0.15, 0.2) is 42.5 Å². The van der Waals surface area contributed by atoms with Crippen molar-refractivity contribution in [2.45, 2.75) is 39.2 Å². The van der Waals surface area contributed by atoms with E-state index in [2.05, 4.69) is 10.1 Å². The van der Waals surface area contributed by atoms with Crippen molar-refractivity contribution in [1.29, 1.82) is 0 Å². The van der Waals surface area contributed by atoms with Gasteiger partial charge in [0.15, 0.2) is 11.5 Å². The molecule has 1 aliphatic heterocycles. The molecule has 0 aromatic heterocycles. The second-order valence-corrected chi connectivity index (χ2v) is 7.59. The number of hydrogen-bond acceptors (Lipinski definition) is 5. The molecule has 0 saturated carbocycles. The van der Waals surface area contributed by atoms with Crippen molar-refractivity contribution in [3.05, 3.63) is 59.2 Å². The number of morpholine rings is 1. The molecule has 1 aliphatic rings. The molecule has 1 N–H and O–H groups in total. The Morgan fingerprint density at radius 3 is 2.28 bits per heavy atom. The van der Waals surface area contributed by atoms with Gasteiger partial charge >= 0.3 is 6.61 Å². The summed E-state index contributed by atoms with van der Waals surface area (Å²) in [6, 6.07) is 11.0. The first-order valence-electron chi connectivity index (χ1n) is 10.2. The number of hydrogen-bond donors (Lipinski definition) is 1. The van der Waals surface area contributed by atoms with E-state index in [1.807, 2.05) is 13.8 Å². The molecule has 7 nitrogen and oxygen atoms in total. The largest absolute Gasteiger partial charge is 0.493 e.